The molecule has 1 unspecified atom stereocenters. The Morgan fingerprint density at radius 2 is 1.90 bits per heavy atom. The van der Waals surface area contributed by atoms with E-state index in [1.807, 2.05) is 19.9 Å². The van der Waals surface area contributed by atoms with Gasteiger partial charge in [0.05, 0.1) is 0 Å². The van der Waals surface area contributed by atoms with Crippen LogP contribution in [0.3, 0.4) is 0 Å². The zero-order valence-electron chi connectivity index (χ0n) is 13.0. The minimum atomic E-state index is -0.163. The van der Waals surface area contributed by atoms with E-state index < -0.39 is 0 Å². The van der Waals surface area contributed by atoms with Crippen LogP contribution in [0.1, 0.15) is 36.9 Å². The summed E-state index contributed by atoms with van der Waals surface area (Å²) in [7, 11) is 4.27. The molecule has 2 N–H and O–H groups in total. The zero-order chi connectivity index (χ0) is 14.9. The molecule has 1 saturated heterocycles. The topological polar surface area (TPSA) is 32.5 Å². The number of benzene rings is 1. The summed E-state index contributed by atoms with van der Waals surface area (Å²) in [5, 5.41) is 0. The number of rotatable bonds is 3. The molecule has 0 saturated carbocycles. The van der Waals surface area contributed by atoms with Gasteiger partial charge >= 0.3 is 0 Å². The van der Waals surface area contributed by atoms with E-state index in [0.29, 0.717) is 11.6 Å². The normalized spacial score (nSPS) is 18.6. The van der Waals surface area contributed by atoms with Gasteiger partial charge in [0.1, 0.15) is 5.82 Å². The third kappa shape index (κ3) is 3.13. The quantitative estimate of drug-likeness (QED) is 0.923. The molecule has 1 aromatic rings. The summed E-state index contributed by atoms with van der Waals surface area (Å²) < 4.78 is 13.8. The molecular formula is C16H26FN3. The van der Waals surface area contributed by atoms with Gasteiger partial charge in [0.2, 0.25) is 0 Å². The Morgan fingerprint density at radius 3 is 2.40 bits per heavy atom. The summed E-state index contributed by atoms with van der Waals surface area (Å²) in [6, 6.07) is 4.05. The van der Waals surface area contributed by atoms with Crippen molar-refractivity contribution >= 4 is 5.69 Å². The highest BCUT2D eigenvalue weighted by atomic mass is 19.1. The van der Waals surface area contributed by atoms with Gasteiger partial charge in [-0.05, 0) is 64.0 Å². The molecule has 3 nitrogen and oxygen atoms in total. The van der Waals surface area contributed by atoms with Gasteiger partial charge in [-0.3, -0.25) is 0 Å². The maximum atomic E-state index is 13.8. The van der Waals surface area contributed by atoms with Crippen molar-refractivity contribution in [2.45, 2.75) is 38.8 Å². The second-order valence-electron chi connectivity index (χ2n) is 6.13. The minimum Gasteiger partial charge on any atom is -0.371 e. The van der Waals surface area contributed by atoms with Crippen LogP contribution in [0.4, 0.5) is 10.1 Å². The minimum absolute atomic E-state index is 0.147. The van der Waals surface area contributed by atoms with E-state index in [0.717, 1.165) is 37.2 Å². The van der Waals surface area contributed by atoms with Crippen molar-refractivity contribution in [1.29, 1.82) is 0 Å². The van der Waals surface area contributed by atoms with Gasteiger partial charge in [-0.2, -0.15) is 0 Å². The van der Waals surface area contributed by atoms with E-state index in [9.17, 15) is 4.39 Å². The second kappa shape index (κ2) is 6.10. The van der Waals surface area contributed by atoms with Crippen molar-refractivity contribution in [2.24, 2.45) is 5.73 Å². The highest BCUT2D eigenvalue weighted by Gasteiger charge is 2.23. The molecule has 0 aliphatic carbocycles. The molecule has 0 spiro atoms. The van der Waals surface area contributed by atoms with Crippen LogP contribution >= 0.6 is 0 Å². The van der Waals surface area contributed by atoms with Crippen molar-refractivity contribution in [1.82, 2.24) is 4.90 Å². The number of aryl methyl sites for hydroxylation is 1. The van der Waals surface area contributed by atoms with Crippen molar-refractivity contribution < 1.29 is 4.39 Å². The van der Waals surface area contributed by atoms with Crippen molar-refractivity contribution in [3.05, 3.63) is 29.1 Å². The molecular weight excluding hydrogens is 253 g/mol. The molecule has 1 atom stereocenters. The molecule has 0 radical (unpaired) electrons. The van der Waals surface area contributed by atoms with Crippen LogP contribution in [0.15, 0.2) is 12.1 Å². The SMILES string of the molecule is Cc1cc(N2CCC(N(C)C)CC2)c(C(C)N)cc1F. The molecule has 2 rings (SSSR count). The van der Waals surface area contributed by atoms with Crippen LogP contribution in [0, 0.1) is 12.7 Å². The zero-order valence-corrected chi connectivity index (χ0v) is 13.0. The van der Waals surface area contributed by atoms with E-state index in [1.54, 1.807) is 6.07 Å². The summed E-state index contributed by atoms with van der Waals surface area (Å²) >= 11 is 0. The molecule has 0 bridgehead atoms. The predicted molar refractivity (Wildman–Crippen MR) is 82.7 cm³/mol. The molecule has 20 heavy (non-hydrogen) atoms. The Kier molecular flexibility index (Phi) is 4.66. The van der Waals surface area contributed by atoms with Gasteiger partial charge in [-0.1, -0.05) is 0 Å². The van der Waals surface area contributed by atoms with Crippen LogP contribution in [0.25, 0.3) is 0 Å². The van der Waals surface area contributed by atoms with E-state index in [-0.39, 0.29) is 11.9 Å². The molecule has 1 aromatic carbocycles. The molecule has 112 valence electrons. The Labute approximate surface area is 121 Å². The fourth-order valence-electron chi connectivity index (χ4n) is 2.94. The largest absolute Gasteiger partial charge is 0.371 e. The molecule has 1 fully saturated rings. The van der Waals surface area contributed by atoms with E-state index in [2.05, 4.69) is 23.9 Å². The fraction of sp³-hybridized carbons (Fsp3) is 0.625. The molecule has 0 aromatic heterocycles. The molecule has 1 aliphatic heterocycles. The lowest BCUT2D eigenvalue weighted by atomic mass is 9.98. The van der Waals surface area contributed by atoms with Crippen molar-refractivity contribution in [3.63, 3.8) is 0 Å². The number of hydrogen-bond donors (Lipinski definition) is 1. The van der Waals surface area contributed by atoms with Crippen LogP contribution in [-0.4, -0.2) is 38.1 Å². The summed E-state index contributed by atoms with van der Waals surface area (Å²) in [6.07, 6.45) is 2.28. The van der Waals surface area contributed by atoms with Crippen LogP contribution in [-0.2, 0) is 0 Å². The smallest absolute Gasteiger partial charge is 0.126 e. The standard InChI is InChI=1S/C16H26FN3/c1-11-9-16(14(12(2)18)10-15(11)17)20-7-5-13(6-8-20)19(3)4/h9-10,12-13H,5-8,18H2,1-4H3. The van der Waals surface area contributed by atoms with Gasteiger partial charge in [0, 0.05) is 30.9 Å². The van der Waals surface area contributed by atoms with Crippen molar-refractivity contribution in [3.8, 4) is 0 Å². The predicted octanol–water partition coefficient (Wildman–Crippen LogP) is 2.68. The lowest BCUT2D eigenvalue weighted by Gasteiger charge is -2.38. The monoisotopic (exact) mass is 279 g/mol. The summed E-state index contributed by atoms with van der Waals surface area (Å²) in [4.78, 5) is 4.64. The number of anilines is 1. The highest BCUT2D eigenvalue weighted by Crippen LogP contribution is 2.30. The molecule has 1 heterocycles. The Bertz CT molecular complexity index is 463. The first-order valence-corrected chi connectivity index (χ1v) is 7.37. The van der Waals surface area contributed by atoms with Gasteiger partial charge in [-0.25, -0.2) is 4.39 Å². The first-order chi connectivity index (χ1) is 9.40. The maximum absolute atomic E-state index is 13.8. The van der Waals surface area contributed by atoms with Gasteiger partial charge in [-0.15, -0.1) is 0 Å². The summed E-state index contributed by atoms with van der Waals surface area (Å²) in [6.45, 7) is 5.75. The first kappa shape index (κ1) is 15.3. The van der Waals surface area contributed by atoms with Gasteiger partial charge in [0.15, 0.2) is 0 Å². The highest BCUT2D eigenvalue weighted by molar-refractivity contribution is 5.57. The number of halogens is 1. The summed E-state index contributed by atoms with van der Waals surface area (Å²) in [5.41, 5.74) is 8.73. The second-order valence-corrected chi connectivity index (χ2v) is 6.13. The maximum Gasteiger partial charge on any atom is 0.126 e. The van der Waals surface area contributed by atoms with E-state index in [4.69, 9.17) is 5.73 Å². The van der Waals surface area contributed by atoms with Crippen LogP contribution in [0.2, 0.25) is 0 Å². The van der Waals surface area contributed by atoms with Gasteiger partial charge < -0.3 is 15.5 Å². The Morgan fingerprint density at radius 1 is 1.30 bits per heavy atom. The molecule has 4 heteroatoms. The lowest BCUT2D eigenvalue weighted by Crippen LogP contribution is -2.42. The first-order valence-electron chi connectivity index (χ1n) is 7.37. The average Bonchev–Trinajstić information content (AvgIpc) is 2.41. The number of hydrogen-bond acceptors (Lipinski definition) is 3. The van der Waals surface area contributed by atoms with E-state index in [1.165, 1.54) is 0 Å². The fourth-order valence-corrected chi connectivity index (χ4v) is 2.94. The molecule has 1 aliphatic rings. The van der Waals surface area contributed by atoms with E-state index >= 15 is 0 Å². The van der Waals surface area contributed by atoms with Crippen LogP contribution < -0.4 is 10.6 Å². The Balaban J connectivity index is 2.23. The number of nitrogens with two attached hydrogens (primary N) is 1. The molecule has 0 amide bonds. The number of piperidine rings is 1. The summed E-state index contributed by atoms with van der Waals surface area (Å²) in [5.74, 6) is -0.163. The average molecular weight is 279 g/mol. The number of nitrogens with zero attached hydrogens (tertiary/aromatic N) is 2. The van der Waals surface area contributed by atoms with Crippen molar-refractivity contribution in [2.75, 3.05) is 32.1 Å². The third-order valence-electron chi connectivity index (χ3n) is 4.33. The van der Waals surface area contributed by atoms with Crippen LogP contribution in [0.5, 0.6) is 0 Å². The lowest BCUT2D eigenvalue weighted by molar-refractivity contribution is 0.249. The third-order valence-corrected chi connectivity index (χ3v) is 4.33. The Hall–Kier alpha value is -1.13. The van der Waals surface area contributed by atoms with Gasteiger partial charge in [0.25, 0.3) is 0 Å².